The second-order valence-electron chi connectivity index (χ2n) is 4.42. The van der Waals surface area contributed by atoms with Crippen molar-refractivity contribution in [1.29, 1.82) is 0 Å². The molecule has 0 radical (unpaired) electrons. The van der Waals surface area contributed by atoms with Crippen LogP contribution in [0.2, 0.25) is 0 Å². The van der Waals surface area contributed by atoms with Gasteiger partial charge in [-0.15, -0.1) is 0 Å². The van der Waals surface area contributed by atoms with E-state index in [1.54, 1.807) is 0 Å². The summed E-state index contributed by atoms with van der Waals surface area (Å²) in [5.74, 6) is 0. The zero-order chi connectivity index (χ0) is 11.1. The molecule has 0 aliphatic heterocycles. The predicted octanol–water partition coefficient (Wildman–Crippen LogP) is 2.65. The van der Waals surface area contributed by atoms with Crippen LogP contribution in [-0.4, -0.2) is 17.9 Å². The first kappa shape index (κ1) is 12.7. The van der Waals surface area contributed by atoms with E-state index in [9.17, 15) is 17.6 Å². The van der Waals surface area contributed by atoms with Crippen molar-refractivity contribution in [3.8, 4) is 0 Å². The molecule has 5 heteroatoms. The molecule has 0 saturated carbocycles. The lowest BCUT2D eigenvalue weighted by molar-refractivity contribution is -0.238. The van der Waals surface area contributed by atoms with Gasteiger partial charge in [-0.2, -0.15) is 13.2 Å². The van der Waals surface area contributed by atoms with Crippen LogP contribution >= 0.6 is 0 Å². The summed E-state index contributed by atoms with van der Waals surface area (Å²) in [6.07, 6.45) is -4.92. The molecule has 0 aliphatic carbocycles. The Kier molecular flexibility index (Phi) is 3.04. The van der Waals surface area contributed by atoms with Gasteiger partial charge >= 0.3 is 6.18 Å². The van der Waals surface area contributed by atoms with E-state index in [2.05, 4.69) is 0 Å². The molecule has 1 nitrogen and oxygen atoms in total. The van der Waals surface area contributed by atoms with Gasteiger partial charge in [0.2, 0.25) is 5.67 Å². The maximum absolute atomic E-state index is 13.2. The summed E-state index contributed by atoms with van der Waals surface area (Å²) < 4.78 is 49.7. The Hall–Kier alpha value is -0.320. The van der Waals surface area contributed by atoms with Crippen molar-refractivity contribution in [2.45, 2.75) is 45.6 Å². The molecule has 0 aliphatic rings. The summed E-state index contributed by atoms with van der Waals surface area (Å²) in [5, 5.41) is 0. The SMILES string of the molecule is CC(C)(C)C(N)C(C)(F)C(F)(F)F. The molecule has 0 heterocycles. The van der Waals surface area contributed by atoms with Crippen molar-refractivity contribution in [2.24, 2.45) is 11.1 Å². The van der Waals surface area contributed by atoms with E-state index in [-0.39, 0.29) is 0 Å². The number of nitrogens with two attached hydrogens (primary N) is 1. The molecule has 0 saturated heterocycles. The Bertz CT molecular complexity index is 178. The van der Waals surface area contributed by atoms with E-state index in [0.29, 0.717) is 6.92 Å². The molecule has 2 N–H and O–H groups in total. The smallest absolute Gasteiger partial charge is 0.324 e. The number of hydrogen-bond donors (Lipinski definition) is 1. The van der Waals surface area contributed by atoms with E-state index in [1.807, 2.05) is 0 Å². The second-order valence-corrected chi connectivity index (χ2v) is 4.42. The Morgan fingerprint density at radius 2 is 1.23 bits per heavy atom. The van der Waals surface area contributed by atoms with Crippen molar-refractivity contribution >= 4 is 0 Å². The first-order valence-electron chi connectivity index (χ1n) is 3.92. The van der Waals surface area contributed by atoms with Crippen LogP contribution in [-0.2, 0) is 0 Å². The fraction of sp³-hybridized carbons (Fsp3) is 1.00. The molecule has 0 bridgehead atoms. The molecule has 13 heavy (non-hydrogen) atoms. The standard InChI is InChI=1S/C8H15F4N/c1-6(2,3)5(13)7(4,9)8(10,11)12/h5H,13H2,1-4H3. The molecule has 2 atom stereocenters. The lowest BCUT2D eigenvalue weighted by Crippen LogP contribution is -2.58. The van der Waals surface area contributed by atoms with E-state index >= 15 is 0 Å². The molecule has 80 valence electrons. The van der Waals surface area contributed by atoms with Gasteiger partial charge in [-0.1, -0.05) is 20.8 Å². The minimum Gasteiger partial charge on any atom is -0.324 e. The van der Waals surface area contributed by atoms with Crippen molar-refractivity contribution in [3.05, 3.63) is 0 Å². The van der Waals surface area contributed by atoms with Crippen LogP contribution in [0.5, 0.6) is 0 Å². The van der Waals surface area contributed by atoms with Crippen LogP contribution in [0.3, 0.4) is 0 Å². The molecule has 0 aromatic rings. The van der Waals surface area contributed by atoms with Crippen LogP contribution < -0.4 is 5.73 Å². The van der Waals surface area contributed by atoms with Crippen LogP contribution in [0.1, 0.15) is 27.7 Å². The van der Waals surface area contributed by atoms with Gasteiger partial charge in [0.25, 0.3) is 0 Å². The molecule has 0 spiro atoms. The van der Waals surface area contributed by atoms with Gasteiger partial charge < -0.3 is 5.73 Å². The second kappa shape index (κ2) is 3.12. The monoisotopic (exact) mass is 201 g/mol. The third kappa shape index (κ3) is 2.56. The molecule has 0 rings (SSSR count). The summed E-state index contributed by atoms with van der Waals surface area (Å²) in [6.45, 7) is 4.90. The van der Waals surface area contributed by atoms with E-state index in [4.69, 9.17) is 5.73 Å². The molecule has 0 amide bonds. The van der Waals surface area contributed by atoms with Gasteiger partial charge in [0.15, 0.2) is 0 Å². The summed E-state index contributed by atoms with van der Waals surface area (Å²) in [7, 11) is 0. The lowest BCUT2D eigenvalue weighted by atomic mass is 9.78. The van der Waals surface area contributed by atoms with Crippen molar-refractivity contribution in [1.82, 2.24) is 0 Å². The van der Waals surface area contributed by atoms with Crippen molar-refractivity contribution < 1.29 is 17.6 Å². The number of alkyl halides is 4. The quantitative estimate of drug-likeness (QED) is 0.648. The van der Waals surface area contributed by atoms with E-state index in [1.165, 1.54) is 20.8 Å². The van der Waals surface area contributed by atoms with Crippen molar-refractivity contribution in [2.75, 3.05) is 0 Å². The fourth-order valence-electron chi connectivity index (χ4n) is 0.990. The third-order valence-corrected chi connectivity index (χ3v) is 2.07. The zero-order valence-corrected chi connectivity index (χ0v) is 8.17. The molecule has 0 aromatic heterocycles. The van der Waals surface area contributed by atoms with Crippen LogP contribution in [0.25, 0.3) is 0 Å². The maximum Gasteiger partial charge on any atom is 0.423 e. The number of rotatable bonds is 1. The predicted molar refractivity (Wildman–Crippen MR) is 43.0 cm³/mol. The minimum atomic E-state index is -4.92. The molecule has 0 aromatic carbocycles. The average Bonchev–Trinajstić information content (AvgIpc) is 1.81. The van der Waals surface area contributed by atoms with E-state index in [0.717, 1.165) is 0 Å². The van der Waals surface area contributed by atoms with Crippen LogP contribution in [0.15, 0.2) is 0 Å². The molecule has 0 fully saturated rings. The molecular weight excluding hydrogens is 186 g/mol. The largest absolute Gasteiger partial charge is 0.423 e. The fourth-order valence-corrected chi connectivity index (χ4v) is 0.990. The van der Waals surface area contributed by atoms with Gasteiger partial charge in [0.05, 0.1) is 6.04 Å². The molecular formula is C8H15F4N. The van der Waals surface area contributed by atoms with Crippen molar-refractivity contribution in [3.63, 3.8) is 0 Å². The average molecular weight is 201 g/mol. The van der Waals surface area contributed by atoms with E-state index < -0.39 is 23.3 Å². The van der Waals surface area contributed by atoms with Crippen LogP contribution in [0.4, 0.5) is 17.6 Å². The summed E-state index contributed by atoms with van der Waals surface area (Å²) in [6, 6.07) is -1.57. The molecule has 2 unspecified atom stereocenters. The maximum atomic E-state index is 13.2. The van der Waals surface area contributed by atoms with Crippen LogP contribution in [0, 0.1) is 5.41 Å². The highest BCUT2D eigenvalue weighted by Crippen LogP contribution is 2.40. The lowest BCUT2D eigenvalue weighted by Gasteiger charge is -2.37. The highest BCUT2D eigenvalue weighted by Gasteiger charge is 2.58. The Morgan fingerprint density at radius 1 is 0.923 bits per heavy atom. The van der Waals surface area contributed by atoms with Gasteiger partial charge in [0, 0.05) is 0 Å². The number of hydrogen-bond acceptors (Lipinski definition) is 1. The van der Waals surface area contributed by atoms with Gasteiger partial charge in [-0.3, -0.25) is 0 Å². The summed E-state index contributed by atoms with van der Waals surface area (Å²) in [5.41, 5.74) is 0.960. The first-order chi connectivity index (χ1) is 5.40. The summed E-state index contributed by atoms with van der Waals surface area (Å²) in [4.78, 5) is 0. The first-order valence-corrected chi connectivity index (χ1v) is 3.92. The normalized spacial score (nSPS) is 21.0. The highest BCUT2D eigenvalue weighted by atomic mass is 19.4. The van der Waals surface area contributed by atoms with Gasteiger partial charge in [0.1, 0.15) is 0 Å². The summed E-state index contributed by atoms with van der Waals surface area (Å²) >= 11 is 0. The third-order valence-electron chi connectivity index (χ3n) is 2.07. The topological polar surface area (TPSA) is 26.0 Å². The van der Waals surface area contributed by atoms with Gasteiger partial charge in [-0.05, 0) is 12.3 Å². The highest BCUT2D eigenvalue weighted by molar-refractivity contribution is 4.98. The Morgan fingerprint density at radius 3 is 1.31 bits per heavy atom. The van der Waals surface area contributed by atoms with Gasteiger partial charge in [-0.25, -0.2) is 4.39 Å². The minimum absolute atomic E-state index is 0.475. The Labute approximate surface area is 75.3 Å². The number of halogens is 4. The zero-order valence-electron chi connectivity index (χ0n) is 8.17. The Balaban J connectivity index is 4.86.